The Morgan fingerprint density at radius 2 is 1.50 bits per heavy atom. The molecule has 0 N–H and O–H groups in total. The highest BCUT2D eigenvalue weighted by molar-refractivity contribution is 6.30. The van der Waals surface area contributed by atoms with Gasteiger partial charge in [-0.2, -0.15) is 0 Å². The topological polar surface area (TPSA) is 29.5 Å². The lowest BCUT2D eigenvalue weighted by atomic mass is 10.0. The van der Waals surface area contributed by atoms with E-state index in [1.54, 1.807) is 24.3 Å². The highest BCUT2D eigenvalue weighted by Crippen LogP contribution is 2.22. The largest absolute Gasteiger partial charge is 0.492 e. The van der Waals surface area contributed by atoms with Crippen molar-refractivity contribution in [1.29, 1.82) is 0 Å². The third-order valence-electron chi connectivity index (χ3n) is 6.46. The fourth-order valence-electron chi connectivity index (χ4n) is 4.49. The van der Waals surface area contributed by atoms with Crippen molar-refractivity contribution in [2.45, 2.75) is 77.2 Å². The number of likely N-dealkylation sites (tertiary alicyclic amines) is 1. The number of benzene rings is 2. The van der Waals surface area contributed by atoms with Crippen LogP contribution in [0.5, 0.6) is 5.75 Å². The number of rotatable bonds is 14. The van der Waals surface area contributed by atoms with Gasteiger partial charge < -0.3 is 4.74 Å². The summed E-state index contributed by atoms with van der Waals surface area (Å²) in [5.41, 5.74) is 1.31. The van der Waals surface area contributed by atoms with Crippen LogP contribution >= 0.6 is 11.6 Å². The molecule has 3 nitrogen and oxygen atoms in total. The summed E-state index contributed by atoms with van der Waals surface area (Å²) in [6.07, 6.45) is 13.4. The van der Waals surface area contributed by atoms with Gasteiger partial charge in [0.15, 0.2) is 5.78 Å². The van der Waals surface area contributed by atoms with E-state index in [1.165, 1.54) is 77.3 Å². The average Bonchev–Trinajstić information content (AvgIpc) is 3.27. The van der Waals surface area contributed by atoms with Crippen LogP contribution in [0.3, 0.4) is 0 Å². The van der Waals surface area contributed by atoms with Crippen LogP contribution in [0.2, 0.25) is 5.02 Å². The summed E-state index contributed by atoms with van der Waals surface area (Å²) in [6, 6.07) is 15.0. The molecule has 1 unspecified atom stereocenters. The van der Waals surface area contributed by atoms with Crippen molar-refractivity contribution in [2.24, 2.45) is 0 Å². The minimum Gasteiger partial charge on any atom is -0.492 e. The van der Waals surface area contributed by atoms with E-state index in [2.05, 4.69) is 11.8 Å². The Kier molecular flexibility index (Phi) is 10.6. The Morgan fingerprint density at radius 1 is 0.906 bits per heavy atom. The number of unbranched alkanes of at least 4 members (excludes halogenated alkanes) is 7. The molecule has 0 aliphatic carbocycles. The number of carbonyl (C=O) groups excluding carboxylic acids is 1. The van der Waals surface area contributed by atoms with Crippen molar-refractivity contribution < 1.29 is 9.53 Å². The first-order valence-electron chi connectivity index (χ1n) is 12.4. The summed E-state index contributed by atoms with van der Waals surface area (Å²) in [4.78, 5) is 15.2. The molecule has 32 heavy (non-hydrogen) atoms. The Morgan fingerprint density at radius 3 is 2.16 bits per heavy atom. The van der Waals surface area contributed by atoms with Crippen molar-refractivity contribution in [3.8, 4) is 5.75 Å². The van der Waals surface area contributed by atoms with Gasteiger partial charge in [-0.05, 0) is 80.9 Å². The fourth-order valence-corrected chi connectivity index (χ4v) is 4.62. The molecule has 0 spiro atoms. The van der Waals surface area contributed by atoms with Gasteiger partial charge in [-0.25, -0.2) is 0 Å². The fraction of sp³-hybridized carbons (Fsp3) is 0.536. The maximum atomic E-state index is 12.6. The minimum absolute atomic E-state index is 0.000508. The van der Waals surface area contributed by atoms with Gasteiger partial charge in [0.1, 0.15) is 12.4 Å². The van der Waals surface area contributed by atoms with Crippen LogP contribution in [-0.2, 0) is 0 Å². The smallest absolute Gasteiger partial charge is 0.193 e. The number of hydrogen-bond acceptors (Lipinski definition) is 3. The zero-order valence-corrected chi connectivity index (χ0v) is 20.3. The summed E-state index contributed by atoms with van der Waals surface area (Å²) in [6.45, 7) is 5.38. The lowest BCUT2D eigenvalue weighted by Gasteiger charge is -2.24. The van der Waals surface area contributed by atoms with Crippen molar-refractivity contribution in [2.75, 3.05) is 19.7 Å². The van der Waals surface area contributed by atoms with Gasteiger partial charge in [-0.1, -0.05) is 63.5 Å². The Hall–Kier alpha value is -1.84. The van der Waals surface area contributed by atoms with E-state index in [4.69, 9.17) is 16.3 Å². The molecule has 0 bridgehead atoms. The molecule has 2 aromatic rings. The molecule has 174 valence electrons. The van der Waals surface area contributed by atoms with Gasteiger partial charge in [0.25, 0.3) is 0 Å². The monoisotopic (exact) mass is 455 g/mol. The number of ether oxygens (including phenoxy) is 1. The predicted octanol–water partition coefficient (Wildman–Crippen LogP) is 7.55. The first-order valence-corrected chi connectivity index (χ1v) is 12.8. The number of hydrogen-bond donors (Lipinski definition) is 0. The summed E-state index contributed by atoms with van der Waals surface area (Å²) < 4.78 is 6.09. The molecule has 0 aromatic heterocycles. The molecule has 3 rings (SSSR count). The van der Waals surface area contributed by atoms with E-state index in [-0.39, 0.29) is 5.78 Å². The van der Waals surface area contributed by atoms with Gasteiger partial charge in [0.05, 0.1) is 0 Å². The molecule has 4 heteroatoms. The van der Waals surface area contributed by atoms with Gasteiger partial charge >= 0.3 is 0 Å². The quantitative estimate of drug-likeness (QED) is 0.217. The van der Waals surface area contributed by atoms with Crippen molar-refractivity contribution in [3.05, 3.63) is 64.7 Å². The average molecular weight is 456 g/mol. The molecule has 1 atom stereocenters. The van der Waals surface area contributed by atoms with E-state index in [1.807, 2.05) is 24.3 Å². The zero-order chi connectivity index (χ0) is 22.6. The third kappa shape index (κ3) is 7.94. The summed E-state index contributed by atoms with van der Waals surface area (Å²) in [5, 5.41) is 0.633. The summed E-state index contributed by atoms with van der Waals surface area (Å²) in [7, 11) is 0. The second-order valence-corrected chi connectivity index (χ2v) is 9.41. The van der Waals surface area contributed by atoms with Crippen LogP contribution in [-0.4, -0.2) is 36.4 Å². The van der Waals surface area contributed by atoms with Crippen LogP contribution in [0.15, 0.2) is 48.5 Å². The molecule has 1 aliphatic heterocycles. The SMILES string of the molecule is CCCCCCCCCCN1CCCC1COc1ccc(C(=O)c2ccc(Cl)cc2)cc1. The van der Waals surface area contributed by atoms with Gasteiger partial charge in [-0.3, -0.25) is 9.69 Å². The Bertz CT molecular complexity index is 803. The first kappa shape index (κ1) is 24.8. The molecule has 0 saturated carbocycles. The van der Waals surface area contributed by atoms with E-state index >= 15 is 0 Å². The molecule has 1 saturated heterocycles. The molecule has 0 amide bonds. The zero-order valence-electron chi connectivity index (χ0n) is 19.5. The van der Waals surface area contributed by atoms with Crippen LogP contribution < -0.4 is 4.74 Å². The molecule has 1 fully saturated rings. The summed E-state index contributed by atoms with van der Waals surface area (Å²) >= 11 is 5.91. The first-order chi connectivity index (χ1) is 15.7. The van der Waals surface area contributed by atoms with E-state index < -0.39 is 0 Å². The second-order valence-electron chi connectivity index (χ2n) is 8.98. The number of ketones is 1. The van der Waals surface area contributed by atoms with Gasteiger partial charge in [0.2, 0.25) is 0 Å². The van der Waals surface area contributed by atoms with E-state index in [9.17, 15) is 4.79 Å². The van der Waals surface area contributed by atoms with Gasteiger partial charge in [-0.15, -0.1) is 0 Å². The van der Waals surface area contributed by atoms with Crippen molar-refractivity contribution >= 4 is 17.4 Å². The highest BCUT2D eigenvalue weighted by Gasteiger charge is 2.24. The molecule has 1 heterocycles. The standard InChI is InChI=1S/C28H38ClNO2/c1-2-3-4-5-6-7-8-9-20-30-21-10-11-26(30)22-32-27-18-14-24(15-19-27)28(31)23-12-16-25(29)17-13-23/h12-19,26H,2-11,20-22H2,1H3. The maximum Gasteiger partial charge on any atom is 0.193 e. The van der Waals surface area contributed by atoms with E-state index in [0.29, 0.717) is 22.2 Å². The normalized spacial score (nSPS) is 16.4. The van der Waals surface area contributed by atoms with Crippen molar-refractivity contribution in [1.82, 2.24) is 4.90 Å². The maximum absolute atomic E-state index is 12.6. The third-order valence-corrected chi connectivity index (χ3v) is 6.72. The second kappa shape index (κ2) is 13.6. The molecule has 1 aliphatic rings. The molecule has 2 aromatic carbocycles. The van der Waals surface area contributed by atoms with Crippen LogP contribution in [0.1, 0.15) is 87.1 Å². The molecular weight excluding hydrogens is 418 g/mol. The van der Waals surface area contributed by atoms with Crippen LogP contribution in [0, 0.1) is 0 Å². The van der Waals surface area contributed by atoms with E-state index in [0.717, 1.165) is 12.4 Å². The lowest BCUT2D eigenvalue weighted by Crippen LogP contribution is -2.34. The molecule has 0 radical (unpaired) electrons. The highest BCUT2D eigenvalue weighted by atomic mass is 35.5. The molecular formula is C28H38ClNO2. The number of carbonyl (C=O) groups is 1. The summed E-state index contributed by atoms with van der Waals surface area (Å²) in [5.74, 6) is 0.831. The Labute approximate surface area is 199 Å². The van der Waals surface area contributed by atoms with Crippen LogP contribution in [0.4, 0.5) is 0 Å². The van der Waals surface area contributed by atoms with Crippen molar-refractivity contribution in [3.63, 3.8) is 0 Å². The number of halogens is 1. The minimum atomic E-state index is 0.000508. The number of nitrogens with zero attached hydrogens (tertiary/aromatic N) is 1. The predicted molar refractivity (Wildman–Crippen MR) is 134 cm³/mol. The lowest BCUT2D eigenvalue weighted by molar-refractivity contribution is 0.103. The van der Waals surface area contributed by atoms with Gasteiger partial charge in [0, 0.05) is 22.2 Å². The Balaban J connectivity index is 1.38. The van der Waals surface area contributed by atoms with Crippen LogP contribution in [0.25, 0.3) is 0 Å².